The Bertz CT molecular complexity index is 651. The molecule has 3 rings (SSSR count). The van der Waals surface area contributed by atoms with E-state index in [9.17, 15) is 9.59 Å². The van der Waals surface area contributed by atoms with Crippen LogP contribution in [0.2, 0.25) is 0 Å². The Morgan fingerprint density at radius 3 is 2.54 bits per heavy atom. The van der Waals surface area contributed by atoms with Gasteiger partial charge in [-0.2, -0.15) is 5.10 Å². The van der Waals surface area contributed by atoms with Gasteiger partial charge >= 0.3 is 0 Å². The van der Waals surface area contributed by atoms with Gasteiger partial charge in [0, 0.05) is 71.0 Å². The van der Waals surface area contributed by atoms with E-state index in [1.165, 1.54) is 4.68 Å². The number of hydrogen-bond donors (Lipinski definition) is 2. The predicted octanol–water partition coefficient (Wildman–Crippen LogP) is -0.215. The average molecular weight is 393 g/mol. The normalized spacial score (nSPS) is 19.9. The van der Waals surface area contributed by atoms with Gasteiger partial charge in [-0.25, -0.2) is 0 Å². The van der Waals surface area contributed by atoms with Gasteiger partial charge in [0.2, 0.25) is 5.91 Å². The van der Waals surface area contributed by atoms with E-state index in [1.54, 1.807) is 19.3 Å². The lowest BCUT2D eigenvalue weighted by Crippen LogP contribution is -2.51. The minimum atomic E-state index is -0.221. The Morgan fingerprint density at radius 2 is 1.86 bits per heavy atom. The van der Waals surface area contributed by atoms with Crippen LogP contribution in [0.5, 0.6) is 0 Å². The van der Waals surface area contributed by atoms with E-state index in [2.05, 4.69) is 20.6 Å². The van der Waals surface area contributed by atoms with Crippen LogP contribution in [0.15, 0.2) is 12.3 Å². The number of morpholine rings is 1. The number of hydrogen-bond acceptors (Lipinski definition) is 6. The maximum Gasteiger partial charge on any atom is 0.269 e. The van der Waals surface area contributed by atoms with Crippen LogP contribution in [0.4, 0.5) is 0 Å². The van der Waals surface area contributed by atoms with Gasteiger partial charge < -0.3 is 20.1 Å². The van der Waals surface area contributed by atoms with Crippen molar-refractivity contribution in [3.05, 3.63) is 18.0 Å². The summed E-state index contributed by atoms with van der Waals surface area (Å²) in [5, 5.41) is 9.82. The second-order valence-electron chi connectivity index (χ2n) is 7.62. The van der Waals surface area contributed by atoms with Crippen molar-refractivity contribution in [2.24, 2.45) is 12.5 Å². The minimum absolute atomic E-state index is 0.0434. The average Bonchev–Trinajstić information content (AvgIpc) is 3.14. The molecule has 3 heterocycles. The Balaban J connectivity index is 1.42. The van der Waals surface area contributed by atoms with Gasteiger partial charge in [0.25, 0.3) is 5.91 Å². The van der Waals surface area contributed by atoms with E-state index in [0.29, 0.717) is 18.8 Å². The van der Waals surface area contributed by atoms with Crippen LogP contribution in [0.25, 0.3) is 0 Å². The summed E-state index contributed by atoms with van der Waals surface area (Å²) >= 11 is 0. The second-order valence-corrected chi connectivity index (χ2v) is 7.62. The molecule has 9 nitrogen and oxygen atoms in total. The highest BCUT2D eigenvalue weighted by atomic mass is 16.5. The summed E-state index contributed by atoms with van der Waals surface area (Å²) < 4.78 is 12.5. The SMILES string of the molecule is Cn1nccc1C(=O)NCCC(=O)NCC1(CN2CCOCC2)CCOCC1. The van der Waals surface area contributed by atoms with Crippen molar-refractivity contribution in [2.45, 2.75) is 19.3 Å². The third-order valence-corrected chi connectivity index (χ3v) is 5.57. The molecule has 0 aliphatic carbocycles. The van der Waals surface area contributed by atoms with Crippen molar-refractivity contribution >= 4 is 11.8 Å². The maximum absolute atomic E-state index is 12.3. The minimum Gasteiger partial charge on any atom is -0.381 e. The molecule has 0 aromatic carbocycles. The van der Waals surface area contributed by atoms with E-state index in [-0.39, 0.29) is 23.7 Å². The summed E-state index contributed by atoms with van der Waals surface area (Å²) in [6.45, 7) is 6.80. The third-order valence-electron chi connectivity index (χ3n) is 5.57. The van der Waals surface area contributed by atoms with Crippen molar-refractivity contribution in [2.75, 3.05) is 59.2 Å². The molecule has 0 radical (unpaired) electrons. The molecule has 9 heteroatoms. The largest absolute Gasteiger partial charge is 0.381 e. The molecule has 1 aromatic heterocycles. The van der Waals surface area contributed by atoms with E-state index in [0.717, 1.165) is 58.9 Å². The van der Waals surface area contributed by atoms with Crippen LogP contribution in [0.1, 0.15) is 29.8 Å². The van der Waals surface area contributed by atoms with Gasteiger partial charge in [-0.05, 0) is 18.9 Å². The van der Waals surface area contributed by atoms with Crippen LogP contribution in [0, 0.1) is 5.41 Å². The van der Waals surface area contributed by atoms with E-state index in [1.807, 2.05) is 0 Å². The second kappa shape index (κ2) is 9.99. The molecular weight excluding hydrogens is 362 g/mol. The molecule has 2 aliphatic heterocycles. The van der Waals surface area contributed by atoms with Gasteiger partial charge in [-0.1, -0.05) is 0 Å². The van der Waals surface area contributed by atoms with Gasteiger partial charge in [-0.15, -0.1) is 0 Å². The fraction of sp³-hybridized carbons (Fsp3) is 0.737. The molecular formula is C19H31N5O4. The molecule has 2 saturated heterocycles. The van der Waals surface area contributed by atoms with Crippen LogP contribution >= 0.6 is 0 Å². The van der Waals surface area contributed by atoms with Gasteiger partial charge in [0.05, 0.1) is 13.2 Å². The van der Waals surface area contributed by atoms with Crippen molar-refractivity contribution in [3.63, 3.8) is 0 Å². The summed E-state index contributed by atoms with van der Waals surface area (Å²) in [6, 6.07) is 1.65. The third kappa shape index (κ3) is 5.76. The molecule has 0 bridgehead atoms. The topological polar surface area (TPSA) is 97.7 Å². The molecule has 0 atom stereocenters. The number of amides is 2. The summed E-state index contributed by atoms with van der Waals surface area (Å²) in [4.78, 5) is 26.8. The van der Waals surface area contributed by atoms with E-state index in [4.69, 9.17) is 9.47 Å². The molecule has 156 valence electrons. The first-order valence-electron chi connectivity index (χ1n) is 9.99. The number of aryl methyl sites for hydroxylation is 1. The molecule has 28 heavy (non-hydrogen) atoms. The van der Waals surface area contributed by atoms with Crippen LogP contribution in [-0.4, -0.2) is 85.6 Å². The summed E-state index contributed by atoms with van der Waals surface area (Å²) in [5.41, 5.74) is 0.524. The molecule has 1 aromatic rings. The molecule has 2 N–H and O–H groups in total. The lowest BCUT2D eigenvalue weighted by molar-refractivity contribution is -0.122. The number of carbonyl (C=O) groups excluding carboxylic acids is 2. The molecule has 0 unspecified atom stereocenters. The molecule has 2 amide bonds. The molecule has 2 fully saturated rings. The van der Waals surface area contributed by atoms with E-state index >= 15 is 0 Å². The van der Waals surface area contributed by atoms with Crippen molar-refractivity contribution < 1.29 is 19.1 Å². The smallest absolute Gasteiger partial charge is 0.269 e. The fourth-order valence-corrected chi connectivity index (χ4v) is 3.78. The molecule has 0 spiro atoms. The number of nitrogens with one attached hydrogen (secondary N) is 2. The first kappa shape index (κ1) is 20.8. The highest BCUT2D eigenvalue weighted by Crippen LogP contribution is 2.31. The van der Waals surface area contributed by atoms with Crippen LogP contribution < -0.4 is 10.6 Å². The van der Waals surface area contributed by atoms with Crippen molar-refractivity contribution in [1.82, 2.24) is 25.3 Å². The summed E-state index contributed by atoms with van der Waals surface area (Å²) in [5.74, 6) is -0.265. The lowest BCUT2D eigenvalue weighted by Gasteiger charge is -2.42. The Morgan fingerprint density at radius 1 is 1.14 bits per heavy atom. The van der Waals surface area contributed by atoms with Crippen molar-refractivity contribution in [3.8, 4) is 0 Å². The zero-order valence-electron chi connectivity index (χ0n) is 16.6. The highest BCUT2D eigenvalue weighted by Gasteiger charge is 2.35. The van der Waals surface area contributed by atoms with E-state index < -0.39 is 0 Å². The first-order chi connectivity index (χ1) is 13.6. The molecule has 0 saturated carbocycles. The summed E-state index contributed by atoms with van der Waals surface area (Å²) in [6.07, 6.45) is 3.72. The predicted molar refractivity (Wildman–Crippen MR) is 103 cm³/mol. The summed E-state index contributed by atoms with van der Waals surface area (Å²) in [7, 11) is 1.71. The van der Waals surface area contributed by atoms with Gasteiger partial charge in [-0.3, -0.25) is 19.2 Å². The van der Waals surface area contributed by atoms with Crippen LogP contribution in [-0.2, 0) is 21.3 Å². The lowest BCUT2D eigenvalue weighted by atomic mass is 9.79. The number of aromatic nitrogens is 2. The fourth-order valence-electron chi connectivity index (χ4n) is 3.78. The Kier molecular flexibility index (Phi) is 7.41. The number of carbonyl (C=O) groups is 2. The highest BCUT2D eigenvalue weighted by molar-refractivity contribution is 5.92. The van der Waals surface area contributed by atoms with Crippen molar-refractivity contribution in [1.29, 1.82) is 0 Å². The monoisotopic (exact) mass is 393 g/mol. The zero-order valence-corrected chi connectivity index (χ0v) is 16.6. The van der Waals surface area contributed by atoms with Gasteiger partial charge in [0.1, 0.15) is 5.69 Å². The first-order valence-corrected chi connectivity index (χ1v) is 9.99. The quantitative estimate of drug-likeness (QED) is 0.634. The number of ether oxygens (including phenoxy) is 2. The number of rotatable bonds is 8. The maximum atomic E-state index is 12.3. The standard InChI is InChI=1S/C19H31N5O4/c1-23-16(2-7-22-23)18(26)20-6-3-17(25)21-14-19(4-10-27-11-5-19)15-24-8-12-28-13-9-24/h2,7H,3-6,8-15H2,1H3,(H,20,26)(H,21,25). The molecule has 2 aliphatic rings. The van der Waals surface area contributed by atoms with Gasteiger partial charge in [0.15, 0.2) is 0 Å². The zero-order chi connectivity index (χ0) is 19.8. The Labute approximate surface area is 165 Å². The Hall–Kier alpha value is -1.97. The van der Waals surface area contributed by atoms with Crippen LogP contribution in [0.3, 0.4) is 0 Å². The number of nitrogens with zero attached hydrogens (tertiary/aromatic N) is 3.